The molecule has 1 aromatic heterocycles. The number of nitrogens with two attached hydrogens (primary N) is 1. The molecule has 0 bridgehead atoms. The smallest absolute Gasteiger partial charge is 0.308 e. The van der Waals surface area contributed by atoms with Gasteiger partial charge in [0, 0.05) is 15.6 Å². The Balaban J connectivity index is 2.06. The Labute approximate surface area is 137 Å². The molecule has 0 spiro atoms. The maximum atomic E-state index is 12.3. The largest absolute Gasteiger partial charge is 0.399 e. The van der Waals surface area contributed by atoms with Gasteiger partial charge in [-0.15, -0.1) is 0 Å². The fraction of sp³-hybridized carbons (Fsp3) is 0.118. The van der Waals surface area contributed by atoms with E-state index in [0.717, 1.165) is 27.4 Å². The molecule has 0 fully saturated rings. The topological polar surface area (TPSA) is 48.0 Å². The van der Waals surface area contributed by atoms with Crippen molar-refractivity contribution in [3.8, 4) is 11.3 Å². The monoisotopic (exact) mass is 330 g/mol. The number of anilines is 1. The minimum atomic E-state index is 0.0410. The number of aryl methyl sites for hydroxylation is 1. The van der Waals surface area contributed by atoms with E-state index in [1.165, 1.54) is 11.3 Å². The van der Waals surface area contributed by atoms with Crippen LogP contribution in [0.2, 0.25) is 5.02 Å². The summed E-state index contributed by atoms with van der Waals surface area (Å²) < 4.78 is 1.80. The minimum Gasteiger partial charge on any atom is -0.399 e. The molecule has 0 atom stereocenters. The molecule has 112 valence electrons. The van der Waals surface area contributed by atoms with Crippen LogP contribution < -0.4 is 10.6 Å². The van der Waals surface area contributed by atoms with Crippen molar-refractivity contribution in [2.24, 2.45) is 0 Å². The zero-order valence-electron chi connectivity index (χ0n) is 12.0. The highest BCUT2D eigenvalue weighted by Crippen LogP contribution is 2.27. The second-order valence-electron chi connectivity index (χ2n) is 5.11. The van der Waals surface area contributed by atoms with Crippen molar-refractivity contribution in [3.05, 3.63) is 73.7 Å². The Hall–Kier alpha value is -2.04. The van der Waals surface area contributed by atoms with E-state index in [4.69, 9.17) is 17.3 Å². The number of nitrogens with zero attached hydrogens (tertiary/aromatic N) is 1. The number of hydrogen-bond donors (Lipinski definition) is 1. The van der Waals surface area contributed by atoms with Crippen molar-refractivity contribution < 1.29 is 0 Å². The second kappa shape index (κ2) is 5.99. The Morgan fingerprint density at radius 1 is 1.09 bits per heavy atom. The lowest BCUT2D eigenvalue weighted by molar-refractivity contribution is 0.790. The number of nitrogen functional groups attached to an aromatic ring is 1. The molecule has 0 aliphatic rings. The average Bonchev–Trinajstić information content (AvgIpc) is 2.77. The fourth-order valence-corrected chi connectivity index (χ4v) is 3.41. The maximum Gasteiger partial charge on any atom is 0.308 e. The van der Waals surface area contributed by atoms with Gasteiger partial charge < -0.3 is 5.73 Å². The van der Waals surface area contributed by atoms with Gasteiger partial charge in [-0.3, -0.25) is 9.36 Å². The van der Waals surface area contributed by atoms with Crippen LogP contribution >= 0.6 is 22.9 Å². The molecule has 1 heterocycles. The fourth-order valence-electron chi connectivity index (χ4n) is 2.43. The first-order chi connectivity index (χ1) is 10.5. The Morgan fingerprint density at radius 2 is 1.73 bits per heavy atom. The lowest BCUT2D eigenvalue weighted by Gasteiger charge is -2.10. The van der Waals surface area contributed by atoms with Gasteiger partial charge >= 0.3 is 4.87 Å². The summed E-state index contributed by atoms with van der Waals surface area (Å²) in [6.45, 7) is 2.50. The summed E-state index contributed by atoms with van der Waals surface area (Å²) in [7, 11) is 0. The van der Waals surface area contributed by atoms with E-state index < -0.39 is 0 Å². The van der Waals surface area contributed by atoms with Crippen molar-refractivity contribution >= 4 is 28.6 Å². The Bertz CT molecular complexity index is 848. The SMILES string of the molecule is Cc1sc(=O)n(Cc2ccc(N)cc2)c1-c1ccc(Cl)cc1. The van der Waals surface area contributed by atoms with Crippen LogP contribution in [-0.2, 0) is 6.54 Å². The molecule has 0 saturated carbocycles. The summed E-state index contributed by atoms with van der Waals surface area (Å²) >= 11 is 7.22. The van der Waals surface area contributed by atoms with Crippen LogP contribution in [0.25, 0.3) is 11.3 Å². The van der Waals surface area contributed by atoms with Crippen molar-refractivity contribution in [1.29, 1.82) is 0 Å². The number of rotatable bonds is 3. The normalized spacial score (nSPS) is 10.8. The highest BCUT2D eigenvalue weighted by molar-refractivity contribution is 7.09. The van der Waals surface area contributed by atoms with Gasteiger partial charge in [0.05, 0.1) is 12.2 Å². The summed E-state index contributed by atoms with van der Waals surface area (Å²) in [4.78, 5) is 13.3. The molecule has 2 aromatic carbocycles. The third kappa shape index (κ3) is 2.93. The molecule has 3 rings (SSSR count). The first-order valence-electron chi connectivity index (χ1n) is 6.85. The molecule has 3 nitrogen and oxygen atoms in total. The third-order valence-electron chi connectivity index (χ3n) is 3.50. The van der Waals surface area contributed by atoms with Crippen LogP contribution in [0.15, 0.2) is 53.3 Å². The van der Waals surface area contributed by atoms with Crippen molar-refractivity contribution in [2.75, 3.05) is 5.73 Å². The van der Waals surface area contributed by atoms with E-state index in [2.05, 4.69) is 0 Å². The van der Waals surface area contributed by atoms with Crippen LogP contribution in [0.1, 0.15) is 10.4 Å². The van der Waals surface area contributed by atoms with E-state index in [1.807, 2.05) is 55.5 Å². The van der Waals surface area contributed by atoms with Crippen LogP contribution in [0.3, 0.4) is 0 Å². The van der Waals surface area contributed by atoms with E-state index in [1.54, 1.807) is 4.57 Å². The van der Waals surface area contributed by atoms with Gasteiger partial charge in [0.15, 0.2) is 0 Å². The molecule has 22 heavy (non-hydrogen) atoms. The predicted octanol–water partition coefficient (Wildman–Crippen LogP) is 4.17. The third-order valence-corrected chi connectivity index (χ3v) is 4.65. The summed E-state index contributed by atoms with van der Waals surface area (Å²) in [5.41, 5.74) is 9.42. The summed E-state index contributed by atoms with van der Waals surface area (Å²) in [6, 6.07) is 15.1. The molecular weight excluding hydrogens is 316 g/mol. The van der Waals surface area contributed by atoms with Gasteiger partial charge in [0.1, 0.15) is 0 Å². The molecule has 3 aromatic rings. The number of halogens is 1. The van der Waals surface area contributed by atoms with Gasteiger partial charge in [-0.25, -0.2) is 0 Å². The predicted molar refractivity (Wildman–Crippen MR) is 93.7 cm³/mol. The number of benzene rings is 2. The minimum absolute atomic E-state index is 0.0410. The van der Waals surface area contributed by atoms with Gasteiger partial charge in [-0.2, -0.15) is 0 Å². The van der Waals surface area contributed by atoms with Gasteiger partial charge in [-0.05, 0) is 42.3 Å². The standard InChI is InChI=1S/C17H15ClN2OS/c1-11-16(13-4-6-14(18)7-5-13)20(17(21)22-11)10-12-2-8-15(19)9-3-12/h2-9H,10,19H2,1H3. The number of thiazole rings is 1. The molecule has 0 aliphatic heterocycles. The van der Waals surface area contributed by atoms with Crippen molar-refractivity contribution in [1.82, 2.24) is 4.57 Å². The molecular formula is C17H15ClN2OS. The second-order valence-corrected chi connectivity index (χ2v) is 6.71. The van der Waals surface area contributed by atoms with Gasteiger partial charge in [0.2, 0.25) is 0 Å². The van der Waals surface area contributed by atoms with Gasteiger partial charge in [-0.1, -0.05) is 47.2 Å². The zero-order chi connectivity index (χ0) is 15.7. The summed E-state index contributed by atoms with van der Waals surface area (Å²) in [6.07, 6.45) is 0. The highest BCUT2D eigenvalue weighted by atomic mass is 35.5. The van der Waals surface area contributed by atoms with E-state index in [0.29, 0.717) is 11.6 Å². The molecule has 0 saturated heterocycles. The molecule has 0 unspecified atom stereocenters. The van der Waals surface area contributed by atoms with Crippen LogP contribution in [0.4, 0.5) is 5.69 Å². The van der Waals surface area contributed by atoms with E-state index >= 15 is 0 Å². The van der Waals surface area contributed by atoms with Crippen molar-refractivity contribution in [3.63, 3.8) is 0 Å². The lowest BCUT2D eigenvalue weighted by Crippen LogP contribution is -2.15. The molecule has 0 aliphatic carbocycles. The summed E-state index contributed by atoms with van der Waals surface area (Å²) in [5.74, 6) is 0. The lowest BCUT2D eigenvalue weighted by atomic mass is 10.1. The number of hydrogen-bond acceptors (Lipinski definition) is 3. The molecule has 2 N–H and O–H groups in total. The molecule has 0 radical (unpaired) electrons. The van der Waals surface area contributed by atoms with Crippen LogP contribution in [0.5, 0.6) is 0 Å². The summed E-state index contributed by atoms with van der Waals surface area (Å²) in [5, 5.41) is 0.684. The zero-order valence-corrected chi connectivity index (χ0v) is 13.6. The van der Waals surface area contributed by atoms with E-state index in [-0.39, 0.29) is 4.87 Å². The quantitative estimate of drug-likeness (QED) is 0.733. The Morgan fingerprint density at radius 3 is 2.36 bits per heavy atom. The highest BCUT2D eigenvalue weighted by Gasteiger charge is 2.14. The molecule has 5 heteroatoms. The van der Waals surface area contributed by atoms with E-state index in [9.17, 15) is 4.79 Å². The first-order valence-corrected chi connectivity index (χ1v) is 8.04. The number of aromatic nitrogens is 1. The average molecular weight is 331 g/mol. The van der Waals surface area contributed by atoms with Crippen LogP contribution in [0, 0.1) is 6.92 Å². The van der Waals surface area contributed by atoms with Gasteiger partial charge in [0.25, 0.3) is 0 Å². The molecule has 0 amide bonds. The van der Waals surface area contributed by atoms with Crippen LogP contribution in [-0.4, -0.2) is 4.57 Å². The maximum absolute atomic E-state index is 12.3. The first kappa shape index (κ1) is 14.9. The van der Waals surface area contributed by atoms with Crippen molar-refractivity contribution in [2.45, 2.75) is 13.5 Å². The Kier molecular flexibility index (Phi) is 4.05.